The number of ether oxygens (including phenoxy) is 1. The van der Waals surface area contributed by atoms with Crippen LogP contribution >= 0.6 is 11.3 Å². The molecule has 4 rings (SSSR count). The van der Waals surface area contributed by atoms with Gasteiger partial charge in [-0.25, -0.2) is 4.98 Å². The minimum atomic E-state index is -0.161. The number of nitrogens with zero attached hydrogens (tertiary/aromatic N) is 2. The monoisotopic (exact) mass is 379 g/mol. The summed E-state index contributed by atoms with van der Waals surface area (Å²) in [6, 6.07) is 18.1. The third-order valence-electron chi connectivity index (χ3n) is 4.53. The van der Waals surface area contributed by atoms with Crippen LogP contribution in [-0.4, -0.2) is 30.6 Å². The van der Waals surface area contributed by atoms with E-state index in [1.807, 2.05) is 35.7 Å². The van der Waals surface area contributed by atoms with Gasteiger partial charge in [-0.15, -0.1) is 11.3 Å². The lowest BCUT2D eigenvalue weighted by molar-refractivity contribution is 0.0942. The van der Waals surface area contributed by atoms with Crippen molar-refractivity contribution < 1.29 is 9.53 Å². The Labute approximate surface area is 162 Å². The summed E-state index contributed by atoms with van der Waals surface area (Å²) in [5.41, 5.74) is 3.21. The molecule has 5 nitrogen and oxygen atoms in total. The summed E-state index contributed by atoms with van der Waals surface area (Å²) >= 11 is 1.52. The first-order valence-corrected chi connectivity index (χ1v) is 9.91. The molecule has 1 aromatic heterocycles. The summed E-state index contributed by atoms with van der Waals surface area (Å²) in [7, 11) is 0. The van der Waals surface area contributed by atoms with E-state index in [-0.39, 0.29) is 5.91 Å². The van der Waals surface area contributed by atoms with Crippen LogP contribution in [0.1, 0.15) is 21.6 Å². The number of anilines is 1. The van der Waals surface area contributed by atoms with E-state index in [0.29, 0.717) is 18.8 Å². The van der Waals surface area contributed by atoms with Crippen molar-refractivity contribution in [2.45, 2.75) is 13.0 Å². The molecule has 27 heavy (non-hydrogen) atoms. The maximum Gasteiger partial charge on any atom is 0.270 e. The zero-order valence-electron chi connectivity index (χ0n) is 14.9. The lowest BCUT2D eigenvalue weighted by atomic mass is 10.0. The molecule has 0 bridgehead atoms. The number of amides is 1. The smallest absolute Gasteiger partial charge is 0.270 e. The Bertz CT molecular complexity index is 911. The molecule has 138 valence electrons. The van der Waals surface area contributed by atoms with Crippen molar-refractivity contribution >= 4 is 22.4 Å². The largest absolute Gasteiger partial charge is 0.492 e. The van der Waals surface area contributed by atoms with Gasteiger partial charge in [-0.2, -0.15) is 0 Å². The van der Waals surface area contributed by atoms with Gasteiger partial charge >= 0.3 is 0 Å². The van der Waals surface area contributed by atoms with Crippen LogP contribution in [-0.2, 0) is 13.0 Å². The van der Waals surface area contributed by atoms with Crippen molar-refractivity contribution in [3.05, 3.63) is 76.8 Å². The predicted molar refractivity (Wildman–Crippen MR) is 108 cm³/mol. The maximum atomic E-state index is 12.3. The first-order chi connectivity index (χ1) is 13.3. The maximum absolute atomic E-state index is 12.3. The van der Waals surface area contributed by atoms with Crippen molar-refractivity contribution in [1.29, 1.82) is 0 Å². The molecule has 3 aromatic rings. The van der Waals surface area contributed by atoms with Gasteiger partial charge in [-0.05, 0) is 29.7 Å². The summed E-state index contributed by atoms with van der Waals surface area (Å²) < 4.78 is 5.59. The van der Waals surface area contributed by atoms with E-state index in [9.17, 15) is 4.79 Å². The van der Waals surface area contributed by atoms with Crippen molar-refractivity contribution in [2.24, 2.45) is 0 Å². The highest BCUT2D eigenvalue weighted by molar-refractivity contribution is 7.13. The third-order valence-corrected chi connectivity index (χ3v) is 5.43. The highest BCUT2D eigenvalue weighted by Crippen LogP contribution is 2.27. The highest BCUT2D eigenvalue weighted by Gasteiger charge is 2.20. The van der Waals surface area contributed by atoms with Crippen LogP contribution in [0.5, 0.6) is 5.75 Å². The van der Waals surface area contributed by atoms with Crippen molar-refractivity contribution in [1.82, 2.24) is 10.3 Å². The fraction of sp³-hybridized carbons (Fsp3) is 0.238. The molecule has 1 aliphatic heterocycles. The average Bonchev–Trinajstić information content (AvgIpc) is 3.22. The Morgan fingerprint density at radius 3 is 2.74 bits per heavy atom. The molecule has 0 saturated carbocycles. The number of thiazole rings is 1. The zero-order chi connectivity index (χ0) is 18.5. The average molecular weight is 379 g/mol. The quantitative estimate of drug-likeness (QED) is 0.666. The van der Waals surface area contributed by atoms with Crippen LogP contribution in [0, 0.1) is 0 Å². The van der Waals surface area contributed by atoms with Gasteiger partial charge in [-0.1, -0.05) is 42.5 Å². The van der Waals surface area contributed by atoms with Crippen LogP contribution in [0.2, 0.25) is 0 Å². The van der Waals surface area contributed by atoms with E-state index in [1.54, 1.807) is 0 Å². The Hall–Kier alpha value is -2.86. The van der Waals surface area contributed by atoms with Crippen LogP contribution in [0.4, 0.5) is 5.13 Å². The van der Waals surface area contributed by atoms with E-state index in [0.717, 1.165) is 30.4 Å². The van der Waals surface area contributed by atoms with E-state index in [2.05, 4.69) is 39.5 Å². The summed E-state index contributed by atoms with van der Waals surface area (Å²) in [5.74, 6) is 0.639. The molecular weight excluding hydrogens is 358 g/mol. The van der Waals surface area contributed by atoms with E-state index >= 15 is 0 Å². The van der Waals surface area contributed by atoms with E-state index in [4.69, 9.17) is 4.74 Å². The minimum absolute atomic E-state index is 0.161. The number of aromatic nitrogens is 1. The fourth-order valence-corrected chi connectivity index (χ4v) is 3.95. The molecule has 0 radical (unpaired) electrons. The van der Waals surface area contributed by atoms with Crippen molar-refractivity contribution in [3.8, 4) is 5.75 Å². The molecule has 2 aromatic carbocycles. The molecule has 0 atom stereocenters. The van der Waals surface area contributed by atoms with Crippen LogP contribution in [0.3, 0.4) is 0 Å². The number of rotatable bonds is 6. The second-order valence-corrected chi connectivity index (χ2v) is 7.21. The Balaban J connectivity index is 1.29. The number of fused-ring (bicyclic) bond motifs is 1. The molecule has 0 unspecified atom stereocenters. The molecule has 1 amide bonds. The number of carbonyl (C=O) groups is 1. The van der Waals surface area contributed by atoms with Gasteiger partial charge in [0.15, 0.2) is 5.13 Å². The normalized spacial score (nSPS) is 13.1. The SMILES string of the molecule is O=C(NCCOc1ccccc1)c1csc(N2CCc3ccccc3C2)n1. The lowest BCUT2D eigenvalue weighted by Gasteiger charge is -2.28. The third kappa shape index (κ3) is 4.28. The Kier molecular flexibility index (Phi) is 5.34. The van der Waals surface area contributed by atoms with Gasteiger partial charge in [0, 0.05) is 18.5 Å². The number of benzene rings is 2. The van der Waals surface area contributed by atoms with Gasteiger partial charge in [0.05, 0.1) is 6.54 Å². The van der Waals surface area contributed by atoms with Crippen LogP contribution in [0.15, 0.2) is 60.0 Å². The predicted octanol–water partition coefficient (Wildman–Crippen LogP) is 3.51. The van der Waals surface area contributed by atoms with E-state index < -0.39 is 0 Å². The fourth-order valence-electron chi connectivity index (χ4n) is 3.11. The number of carbonyl (C=O) groups excluding carboxylic acids is 1. The second-order valence-electron chi connectivity index (χ2n) is 6.37. The summed E-state index contributed by atoms with van der Waals surface area (Å²) in [6.45, 7) is 2.64. The Morgan fingerprint density at radius 2 is 1.89 bits per heavy atom. The molecule has 6 heteroatoms. The van der Waals surface area contributed by atoms with Crippen LogP contribution < -0.4 is 15.0 Å². The first kappa shape index (κ1) is 17.5. The van der Waals surface area contributed by atoms with Crippen LogP contribution in [0.25, 0.3) is 0 Å². The van der Waals surface area contributed by atoms with Gasteiger partial charge in [0.1, 0.15) is 18.1 Å². The molecular formula is C21H21N3O2S. The minimum Gasteiger partial charge on any atom is -0.492 e. The highest BCUT2D eigenvalue weighted by atomic mass is 32.1. The van der Waals surface area contributed by atoms with Gasteiger partial charge in [0.2, 0.25) is 0 Å². The van der Waals surface area contributed by atoms with Crippen molar-refractivity contribution in [3.63, 3.8) is 0 Å². The van der Waals surface area contributed by atoms with Crippen molar-refractivity contribution in [2.75, 3.05) is 24.6 Å². The molecule has 1 aliphatic rings. The first-order valence-electron chi connectivity index (χ1n) is 9.03. The molecule has 1 N–H and O–H groups in total. The number of nitrogens with one attached hydrogen (secondary N) is 1. The number of para-hydroxylation sites is 1. The summed E-state index contributed by atoms with van der Waals surface area (Å²) in [5, 5.41) is 5.58. The number of hydrogen-bond acceptors (Lipinski definition) is 5. The second kappa shape index (κ2) is 8.22. The number of hydrogen-bond donors (Lipinski definition) is 1. The zero-order valence-corrected chi connectivity index (χ0v) is 15.7. The topological polar surface area (TPSA) is 54.5 Å². The Morgan fingerprint density at radius 1 is 1.11 bits per heavy atom. The van der Waals surface area contributed by atoms with Gasteiger partial charge in [-0.3, -0.25) is 4.79 Å². The summed E-state index contributed by atoms with van der Waals surface area (Å²) in [4.78, 5) is 19.1. The standard InChI is InChI=1S/C21H21N3O2S/c25-20(22-11-13-26-18-8-2-1-3-9-18)19-15-27-21(23-19)24-12-10-16-6-4-5-7-17(16)14-24/h1-9,15H,10-14H2,(H,22,25). The van der Waals surface area contributed by atoms with E-state index in [1.165, 1.54) is 22.5 Å². The van der Waals surface area contributed by atoms with Gasteiger partial charge in [0.25, 0.3) is 5.91 Å². The molecule has 0 spiro atoms. The molecule has 0 fully saturated rings. The molecule has 0 saturated heterocycles. The van der Waals surface area contributed by atoms with Gasteiger partial charge < -0.3 is 15.0 Å². The summed E-state index contributed by atoms with van der Waals surface area (Å²) in [6.07, 6.45) is 1.01. The molecule has 0 aliphatic carbocycles. The lowest BCUT2D eigenvalue weighted by Crippen LogP contribution is -2.31. The molecule has 2 heterocycles.